The summed E-state index contributed by atoms with van der Waals surface area (Å²) < 4.78 is 0. The summed E-state index contributed by atoms with van der Waals surface area (Å²) in [5, 5.41) is 0. The van der Waals surface area contributed by atoms with Crippen LogP contribution in [0, 0.1) is 0 Å². The largest absolute Gasteiger partial charge is 2.00 e. The fraction of sp³-hybridized carbons (Fsp3) is 1.00. The van der Waals surface area contributed by atoms with E-state index in [1.165, 1.54) is 0 Å². The molecule has 0 aliphatic rings. The molecule has 2 nitrogen and oxygen atoms in total. The number of rotatable bonds is 0. The maximum atomic E-state index is 6.21. The molecule has 0 atom stereocenters. The van der Waals surface area contributed by atoms with Gasteiger partial charge in [0.05, 0.1) is 0 Å². The number of hydrogen-bond donors (Lipinski definition) is 0. The molecule has 0 saturated carbocycles. The van der Waals surface area contributed by atoms with Crippen molar-refractivity contribution in [3.8, 4) is 0 Å². The van der Waals surface area contributed by atoms with Crippen molar-refractivity contribution in [2.45, 2.75) is 6.92 Å². The zero-order chi connectivity index (χ0) is 2.71. The van der Waals surface area contributed by atoms with Crippen molar-refractivity contribution in [2.24, 2.45) is 0 Å². The summed E-state index contributed by atoms with van der Waals surface area (Å²) in [7, 11) is 0. The third-order valence-corrected chi connectivity index (χ3v) is 0. The molecule has 0 spiro atoms. The molecule has 0 radical (unpaired) electrons. The molecule has 0 amide bonds. The molecule has 0 rings (SSSR count). The molecule has 0 heterocycles. The first-order chi connectivity index (χ1) is 1.41. The van der Waals surface area contributed by atoms with Gasteiger partial charge < -0.3 is 11.9 Å². The summed E-state index contributed by atoms with van der Waals surface area (Å²) in [5.41, 5.74) is 6.21. The van der Waals surface area contributed by atoms with Crippen molar-refractivity contribution in [1.29, 1.82) is 0 Å². The van der Waals surface area contributed by atoms with Gasteiger partial charge in [-0.05, 0) is 0 Å². The summed E-state index contributed by atoms with van der Waals surface area (Å²) in [6.07, 6.45) is 0. The van der Waals surface area contributed by atoms with Crippen molar-refractivity contribution in [3.63, 3.8) is 0 Å². The van der Waals surface area contributed by atoms with Gasteiger partial charge >= 0.3 is 48.9 Å². The molecular formula is C2H8BaN2. The van der Waals surface area contributed by atoms with Gasteiger partial charge in [0, 0.05) is 0 Å². The first kappa shape index (κ1) is 16.1. The van der Waals surface area contributed by atoms with Crippen LogP contribution >= 0.6 is 0 Å². The van der Waals surface area contributed by atoms with Crippen LogP contribution < -0.4 is 0 Å². The Hall–Kier alpha value is 1.49. The monoisotopic (exact) mass is 198 g/mol. The first-order valence-electron chi connectivity index (χ1n) is 1.06. The molecule has 0 aromatic heterocycles. The predicted octanol–water partition coefficient (Wildman–Crippen LogP) is 1.39. The molecule has 0 bridgehead atoms. The van der Waals surface area contributed by atoms with Crippen molar-refractivity contribution < 1.29 is 0 Å². The number of nitrogens with one attached hydrogen (secondary N) is 1. The quantitative estimate of drug-likeness (QED) is 0.527. The van der Waals surface area contributed by atoms with Crippen LogP contribution in [0.2, 0.25) is 0 Å². The number of nitrogens with two attached hydrogens (primary N) is 1. The molecule has 0 unspecified atom stereocenters. The molecule has 5 heavy (non-hydrogen) atoms. The van der Waals surface area contributed by atoms with Gasteiger partial charge in [-0.25, -0.2) is 0 Å². The Labute approximate surface area is 73.2 Å². The van der Waals surface area contributed by atoms with Crippen molar-refractivity contribution >= 4 is 48.9 Å². The van der Waals surface area contributed by atoms with E-state index in [0.717, 1.165) is 0 Å². The van der Waals surface area contributed by atoms with Gasteiger partial charge in [0.1, 0.15) is 0 Å². The van der Waals surface area contributed by atoms with Crippen LogP contribution in [0.5, 0.6) is 0 Å². The Balaban J connectivity index is -0.0000000200. The van der Waals surface area contributed by atoms with Gasteiger partial charge in [-0.3, -0.25) is 0 Å². The molecule has 3 heteroatoms. The minimum absolute atomic E-state index is 0. The van der Waals surface area contributed by atoms with Gasteiger partial charge in [0.2, 0.25) is 0 Å². The third kappa shape index (κ3) is 30.1. The molecular weight excluding hydrogens is 189 g/mol. The summed E-state index contributed by atoms with van der Waals surface area (Å²) in [6.45, 7) is 2.29. The standard InChI is InChI=1S/C2H6N.Ba.H2N/c1-2-3;;/h3H,2H2,1H3;;1H2/q-1;+2;-1. The van der Waals surface area contributed by atoms with E-state index >= 15 is 0 Å². The van der Waals surface area contributed by atoms with Crippen LogP contribution in [0.1, 0.15) is 6.92 Å². The van der Waals surface area contributed by atoms with Crippen LogP contribution in [-0.4, -0.2) is 55.4 Å². The Morgan fingerprint density at radius 1 is 1.60 bits per heavy atom. The molecule has 0 aromatic rings. The maximum Gasteiger partial charge on any atom is 2.00 e. The Morgan fingerprint density at radius 3 is 1.60 bits per heavy atom. The summed E-state index contributed by atoms with van der Waals surface area (Å²) >= 11 is 0. The normalized spacial score (nSPS) is 3.60. The van der Waals surface area contributed by atoms with E-state index in [2.05, 4.69) is 0 Å². The molecule has 0 aliphatic carbocycles. The Morgan fingerprint density at radius 2 is 1.60 bits per heavy atom. The van der Waals surface area contributed by atoms with E-state index in [1.54, 1.807) is 6.92 Å². The van der Waals surface area contributed by atoms with Crippen LogP contribution in [0.4, 0.5) is 0 Å². The first-order valence-corrected chi connectivity index (χ1v) is 1.06. The zero-order valence-corrected chi connectivity index (χ0v) is 7.93. The smallest absolute Gasteiger partial charge is 0.693 e. The summed E-state index contributed by atoms with van der Waals surface area (Å²) in [5.74, 6) is 0. The van der Waals surface area contributed by atoms with E-state index in [-0.39, 0.29) is 55.0 Å². The van der Waals surface area contributed by atoms with Crippen LogP contribution in [0.3, 0.4) is 0 Å². The van der Waals surface area contributed by atoms with Gasteiger partial charge in [0.15, 0.2) is 0 Å². The zero-order valence-electron chi connectivity index (χ0n) is 3.49. The number of hydrogen-bond acceptors (Lipinski definition) is 0. The minimum atomic E-state index is 0. The van der Waals surface area contributed by atoms with Gasteiger partial charge in [-0.1, -0.05) is 6.92 Å². The summed E-state index contributed by atoms with van der Waals surface area (Å²) in [6, 6.07) is 0. The van der Waals surface area contributed by atoms with Gasteiger partial charge in [-0.2, -0.15) is 6.54 Å². The van der Waals surface area contributed by atoms with E-state index in [9.17, 15) is 0 Å². The van der Waals surface area contributed by atoms with Crippen molar-refractivity contribution in [1.82, 2.24) is 0 Å². The van der Waals surface area contributed by atoms with Gasteiger partial charge in [0.25, 0.3) is 0 Å². The summed E-state index contributed by atoms with van der Waals surface area (Å²) in [4.78, 5) is 0. The molecule has 3 N–H and O–H groups in total. The molecule has 0 fully saturated rings. The molecule has 0 aromatic carbocycles. The molecule has 0 aliphatic heterocycles. The van der Waals surface area contributed by atoms with E-state index in [0.29, 0.717) is 6.54 Å². The second kappa shape index (κ2) is 17.8. The Kier molecular flexibility index (Phi) is 57.3. The topological polar surface area (TPSA) is 57.3 Å². The average Bonchev–Trinajstić information content (AvgIpc) is 0.918. The van der Waals surface area contributed by atoms with Gasteiger partial charge in [-0.15, -0.1) is 0 Å². The van der Waals surface area contributed by atoms with E-state index in [1.807, 2.05) is 0 Å². The second-order valence-electron chi connectivity index (χ2n) is 0.354. The Bertz CT molecular complexity index is 7.61. The van der Waals surface area contributed by atoms with Crippen LogP contribution in [0.25, 0.3) is 11.9 Å². The van der Waals surface area contributed by atoms with Crippen LogP contribution in [0.15, 0.2) is 0 Å². The molecule has 0 saturated heterocycles. The van der Waals surface area contributed by atoms with Crippen LogP contribution in [-0.2, 0) is 0 Å². The fourth-order valence-electron chi connectivity index (χ4n) is 0. The van der Waals surface area contributed by atoms with Crippen molar-refractivity contribution in [2.75, 3.05) is 6.54 Å². The van der Waals surface area contributed by atoms with E-state index < -0.39 is 0 Å². The SMILES string of the molecule is CC[NH-].[Ba+2].[NH2-]. The maximum absolute atomic E-state index is 6.21. The minimum Gasteiger partial charge on any atom is -0.693 e. The second-order valence-corrected chi connectivity index (χ2v) is 0.354. The van der Waals surface area contributed by atoms with E-state index in [4.69, 9.17) is 5.73 Å². The average molecular weight is 197 g/mol. The fourth-order valence-corrected chi connectivity index (χ4v) is 0. The predicted molar refractivity (Wildman–Crippen MR) is 25.9 cm³/mol. The molecule has 28 valence electrons. The third-order valence-electron chi connectivity index (χ3n) is 0. The van der Waals surface area contributed by atoms with Crippen molar-refractivity contribution in [3.05, 3.63) is 11.9 Å².